The maximum Gasteiger partial charge on any atom is 0.0650 e. The number of aliphatic hydroxyl groups is 1. The monoisotopic (exact) mass is 95.0 g/mol. The molecule has 0 unspecified atom stereocenters. The van der Waals surface area contributed by atoms with Gasteiger partial charge in [-0.2, -0.15) is 0 Å². The summed E-state index contributed by atoms with van der Waals surface area (Å²) in [6.45, 7) is 0.160. The molecule has 37 valence electrons. The Hall–Kier alpha value is -0.560. The molecule has 0 aromatic carbocycles. The van der Waals surface area contributed by atoms with E-state index in [1.807, 2.05) is 24.6 Å². The minimum Gasteiger partial charge on any atom is -0.392 e. The van der Waals surface area contributed by atoms with E-state index in [0.29, 0.717) is 0 Å². The zero-order valence-electron chi connectivity index (χ0n) is 3.96. The fraction of sp³-hybridized carbons (Fsp3) is 0.167. The normalized spacial score (nSPS) is 17.6. The molecule has 0 aromatic heterocycles. The lowest BCUT2D eigenvalue weighted by atomic mass is 10.3. The molecule has 0 saturated heterocycles. The molecule has 1 aliphatic rings. The first-order valence-electron chi connectivity index (χ1n) is 2.25. The second kappa shape index (κ2) is 1.94. The highest BCUT2D eigenvalue weighted by Crippen LogP contribution is 2.06. The van der Waals surface area contributed by atoms with Gasteiger partial charge in [0, 0.05) is 6.42 Å². The van der Waals surface area contributed by atoms with Crippen molar-refractivity contribution in [3.63, 3.8) is 0 Å². The van der Waals surface area contributed by atoms with E-state index in [1.54, 1.807) is 0 Å². The fourth-order valence-corrected chi connectivity index (χ4v) is 0.519. The highest BCUT2D eigenvalue weighted by Gasteiger charge is 1.93. The van der Waals surface area contributed by atoms with Gasteiger partial charge in [-0.3, -0.25) is 0 Å². The van der Waals surface area contributed by atoms with E-state index in [-0.39, 0.29) is 6.61 Å². The zero-order chi connectivity index (χ0) is 5.11. The Morgan fingerprint density at radius 1 is 1.43 bits per heavy atom. The molecule has 0 bridgehead atoms. The lowest BCUT2D eigenvalue weighted by Gasteiger charge is -1.87. The minimum absolute atomic E-state index is 0.160. The number of rotatable bonds is 1. The zero-order valence-corrected chi connectivity index (χ0v) is 3.96. The molecule has 0 saturated carbocycles. The van der Waals surface area contributed by atoms with E-state index in [0.717, 1.165) is 5.57 Å². The summed E-state index contributed by atoms with van der Waals surface area (Å²) in [7, 11) is 0. The molecular formula is C6H7O. The molecule has 1 radical (unpaired) electrons. The van der Waals surface area contributed by atoms with E-state index in [4.69, 9.17) is 5.11 Å². The Morgan fingerprint density at radius 2 is 2.29 bits per heavy atom. The van der Waals surface area contributed by atoms with Crippen LogP contribution in [0.15, 0.2) is 23.8 Å². The number of hydrogen-bond acceptors (Lipinski definition) is 1. The van der Waals surface area contributed by atoms with Crippen molar-refractivity contribution in [3.8, 4) is 0 Å². The molecular weight excluding hydrogens is 88.1 g/mol. The van der Waals surface area contributed by atoms with Gasteiger partial charge in [0.1, 0.15) is 0 Å². The van der Waals surface area contributed by atoms with Crippen LogP contribution in [0.2, 0.25) is 0 Å². The van der Waals surface area contributed by atoms with Crippen LogP contribution < -0.4 is 0 Å². The summed E-state index contributed by atoms with van der Waals surface area (Å²) in [4.78, 5) is 0. The predicted molar refractivity (Wildman–Crippen MR) is 28.6 cm³/mol. The van der Waals surface area contributed by atoms with Crippen molar-refractivity contribution in [3.05, 3.63) is 30.2 Å². The van der Waals surface area contributed by atoms with E-state index in [1.165, 1.54) is 0 Å². The van der Waals surface area contributed by atoms with Gasteiger partial charge in [0.05, 0.1) is 6.61 Å². The summed E-state index contributed by atoms with van der Waals surface area (Å²) in [6, 6.07) is 0. The van der Waals surface area contributed by atoms with Crippen LogP contribution in [-0.2, 0) is 0 Å². The Morgan fingerprint density at radius 3 is 2.57 bits per heavy atom. The predicted octanol–water partition coefficient (Wildman–Crippen LogP) is 0.679. The molecule has 1 aliphatic carbocycles. The fourth-order valence-electron chi connectivity index (χ4n) is 0.519. The summed E-state index contributed by atoms with van der Waals surface area (Å²) in [6.07, 6.45) is 7.59. The van der Waals surface area contributed by atoms with Crippen LogP contribution in [0, 0.1) is 6.42 Å². The molecule has 1 nitrogen and oxygen atoms in total. The second-order valence-electron chi connectivity index (χ2n) is 1.45. The molecule has 0 aliphatic heterocycles. The number of hydrogen-bond donors (Lipinski definition) is 1. The van der Waals surface area contributed by atoms with Gasteiger partial charge in [-0.15, -0.1) is 0 Å². The summed E-state index contributed by atoms with van der Waals surface area (Å²) in [5, 5.41) is 8.43. The number of aliphatic hydroxyl groups excluding tert-OH is 1. The van der Waals surface area contributed by atoms with Gasteiger partial charge in [0.25, 0.3) is 0 Å². The average molecular weight is 95.1 g/mol. The smallest absolute Gasteiger partial charge is 0.0650 e. The van der Waals surface area contributed by atoms with Gasteiger partial charge in [0.15, 0.2) is 0 Å². The largest absolute Gasteiger partial charge is 0.392 e. The molecule has 0 fully saturated rings. The van der Waals surface area contributed by atoms with Crippen LogP contribution in [0.3, 0.4) is 0 Å². The molecule has 0 aromatic rings. The summed E-state index contributed by atoms with van der Waals surface area (Å²) < 4.78 is 0. The standard InChI is InChI=1S/C6H7O/c7-5-6-3-1-2-4-6/h1-4,7H,5H2. The minimum atomic E-state index is 0.160. The van der Waals surface area contributed by atoms with Crippen molar-refractivity contribution in [2.75, 3.05) is 6.61 Å². The van der Waals surface area contributed by atoms with E-state index in [2.05, 4.69) is 0 Å². The average Bonchev–Trinajstić information content (AvgIpc) is 2.14. The van der Waals surface area contributed by atoms with Crippen LogP contribution in [0.5, 0.6) is 0 Å². The third-order valence-electron chi connectivity index (χ3n) is 0.914. The molecule has 1 heteroatoms. The van der Waals surface area contributed by atoms with Crippen molar-refractivity contribution in [2.45, 2.75) is 0 Å². The van der Waals surface area contributed by atoms with Crippen molar-refractivity contribution < 1.29 is 5.11 Å². The maximum absolute atomic E-state index is 8.43. The highest BCUT2D eigenvalue weighted by atomic mass is 16.3. The first kappa shape index (κ1) is 4.60. The van der Waals surface area contributed by atoms with Crippen molar-refractivity contribution in [1.29, 1.82) is 0 Å². The molecule has 0 spiro atoms. The van der Waals surface area contributed by atoms with Crippen molar-refractivity contribution in [1.82, 2.24) is 0 Å². The quantitative estimate of drug-likeness (QED) is 0.507. The van der Waals surface area contributed by atoms with Crippen LogP contribution in [0.4, 0.5) is 0 Å². The Bertz CT molecular complexity index is 111. The SMILES string of the molecule is OCC1=CC=C[CH]1. The molecule has 0 atom stereocenters. The second-order valence-corrected chi connectivity index (χ2v) is 1.45. The Labute approximate surface area is 43.0 Å². The van der Waals surface area contributed by atoms with Crippen LogP contribution in [0.25, 0.3) is 0 Å². The van der Waals surface area contributed by atoms with Crippen LogP contribution in [0.1, 0.15) is 0 Å². The lowest BCUT2D eigenvalue weighted by molar-refractivity contribution is 0.334. The Kier molecular flexibility index (Phi) is 1.27. The van der Waals surface area contributed by atoms with E-state index < -0.39 is 0 Å². The Balaban J connectivity index is 2.45. The van der Waals surface area contributed by atoms with Gasteiger partial charge < -0.3 is 5.11 Å². The van der Waals surface area contributed by atoms with Crippen LogP contribution >= 0.6 is 0 Å². The van der Waals surface area contributed by atoms with Gasteiger partial charge in [-0.05, 0) is 5.57 Å². The van der Waals surface area contributed by atoms with Crippen molar-refractivity contribution >= 4 is 0 Å². The first-order chi connectivity index (χ1) is 3.43. The maximum atomic E-state index is 8.43. The molecule has 0 amide bonds. The van der Waals surface area contributed by atoms with Gasteiger partial charge >= 0.3 is 0 Å². The van der Waals surface area contributed by atoms with E-state index >= 15 is 0 Å². The lowest BCUT2D eigenvalue weighted by Crippen LogP contribution is -1.83. The first-order valence-corrected chi connectivity index (χ1v) is 2.25. The molecule has 0 heterocycles. The number of allylic oxidation sites excluding steroid dienone is 3. The highest BCUT2D eigenvalue weighted by molar-refractivity contribution is 5.33. The topological polar surface area (TPSA) is 20.2 Å². The van der Waals surface area contributed by atoms with Gasteiger partial charge in [-0.25, -0.2) is 0 Å². The molecule has 1 N–H and O–H groups in total. The van der Waals surface area contributed by atoms with Crippen molar-refractivity contribution in [2.24, 2.45) is 0 Å². The third kappa shape index (κ3) is 0.904. The molecule has 7 heavy (non-hydrogen) atoms. The third-order valence-corrected chi connectivity index (χ3v) is 0.914. The van der Waals surface area contributed by atoms with E-state index in [9.17, 15) is 0 Å². The summed E-state index contributed by atoms with van der Waals surface area (Å²) >= 11 is 0. The molecule has 1 rings (SSSR count). The van der Waals surface area contributed by atoms with Crippen LogP contribution in [-0.4, -0.2) is 11.7 Å². The van der Waals surface area contributed by atoms with Gasteiger partial charge in [0.2, 0.25) is 0 Å². The summed E-state index contributed by atoms with van der Waals surface area (Å²) in [5.41, 5.74) is 0.986. The summed E-state index contributed by atoms with van der Waals surface area (Å²) in [5.74, 6) is 0. The van der Waals surface area contributed by atoms with Gasteiger partial charge in [-0.1, -0.05) is 18.2 Å².